The molecule has 1 aliphatic heterocycles. The number of hydrogen-bond donors (Lipinski definition) is 2. The summed E-state index contributed by atoms with van der Waals surface area (Å²) in [5, 5.41) is 7.23. The third-order valence-electron chi connectivity index (χ3n) is 4.28. The summed E-state index contributed by atoms with van der Waals surface area (Å²) >= 11 is 0. The van der Waals surface area contributed by atoms with Gasteiger partial charge in [0.2, 0.25) is 5.91 Å². The van der Waals surface area contributed by atoms with Crippen LogP contribution in [0.2, 0.25) is 0 Å². The number of likely N-dealkylation sites (N-methyl/N-ethyl adjacent to an activating group) is 1. The number of rotatable bonds is 5. The standard InChI is InChI=1S/C16H23N5O2/c1-20-8-9-23-14(16(20)13-5-7-19-21(13)2)11-18-15(22)10-12-4-3-6-17-12/h3-7,14,16-17H,8-11H2,1-2H3,(H,18,22)/t14-,16-/m0/s1. The molecule has 124 valence electrons. The Bertz CT molecular complexity index is 637. The molecule has 2 aromatic rings. The zero-order valence-corrected chi connectivity index (χ0v) is 13.5. The minimum absolute atomic E-state index is 0.00645. The number of carbonyl (C=O) groups is 1. The van der Waals surface area contributed by atoms with E-state index in [0.29, 0.717) is 19.6 Å². The number of nitrogens with zero attached hydrogens (tertiary/aromatic N) is 3. The largest absolute Gasteiger partial charge is 0.373 e. The van der Waals surface area contributed by atoms with Gasteiger partial charge in [0.05, 0.1) is 30.9 Å². The normalized spacial score (nSPS) is 22.2. The SMILES string of the molecule is CN1CCO[C@@H](CNC(=O)Cc2ccc[nH]2)[C@@H]1c1ccnn1C. The smallest absolute Gasteiger partial charge is 0.226 e. The number of carbonyl (C=O) groups excluding carboxylic acids is 1. The van der Waals surface area contributed by atoms with Gasteiger partial charge in [-0.15, -0.1) is 0 Å². The van der Waals surface area contributed by atoms with Gasteiger partial charge in [0, 0.05) is 38.2 Å². The van der Waals surface area contributed by atoms with E-state index in [4.69, 9.17) is 4.74 Å². The minimum atomic E-state index is -0.0864. The molecule has 7 nitrogen and oxygen atoms in total. The first-order chi connectivity index (χ1) is 11.1. The van der Waals surface area contributed by atoms with Gasteiger partial charge in [-0.25, -0.2) is 0 Å². The molecule has 0 aliphatic carbocycles. The lowest BCUT2D eigenvalue weighted by Crippen LogP contribution is -2.49. The van der Waals surface area contributed by atoms with E-state index in [1.54, 1.807) is 6.20 Å². The first kappa shape index (κ1) is 15.8. The van der Waals surface area contributed by atoms with Crippen LogP contribution in [0.5, 0.6) is 0 Å². The van der Waals surface area contributed by atoms with Crippen LogP contribution in [-0.2, 0) is 23.0 Å². The lowest BCUT2D eigenvalue weighted by atomic mass is 10.0. The topological polar surface area (TPSA) is 75.2 Å². The Balaban J connectivity index is 1.62. The number of aromatic amines is 1. The number of amides is 1. The average Bonchev–Trinajstić information content (AvgIpc) is 3.17. The number of aromatic nitrogens is 3. The van der Waals surface area contributed by atoms with Crippen LogP contribution < -0.4 is 5.32 Å². The Hall–Kier alpha value is -2.12. The van der Waals surface area contributed by atoms with Crippen LogP contribution in [0.3, 0.4) is 0 Å². The highest BCUT2D eigenvalue weighted by Crippen LogP contribution is 2.27. The van der Waals surface area contributed by atoms with Crippen molar-refractivity contribution in [2.24, 2.45) is 7.05 Å². The molecule has 0 aromatic carbocycles. The maximum atomic E-state index is 12.1. The first-order valence-corrected chi connectivity index (χ1v) is 7.84. The van der Waals surface area contributed by atoms with Gasteiger partial charge >= 0.3 is 0 Å². The maximum Gasteiger partial charge on any atom is 0.226 e. The van der Waals surface area contributed by atoms with E-state index in [9.17, 15) is 4.79 Å². The average molecular weight is 317 g/mol. The molecule has 3 heterocycles. The summed E-state index contributed by atoms with van der Waals surface area (Å²) in [5.41, 5.74) is 2.00. The van der Waals surface area contributed by atoms with Crippen LogP contribution >= 0.6 is 0 Å². The Morgan fingerprint density at radius 2 is 2.35 bits per heavy atom. The van der Waals surface area contributed by atoms with Crippen molar-refractivity contribution in [1.29, 1.82) is 0 Å². The summed E-state index contributed by atoms with van der Waals surface area (Å²) in [4.78, 5) is 17.4. The first-order valence-electron chi connectivity index (χ1n) is 7.84. The Labute approximate surface area is 135 Å². The Morgan fingerprint density at radius 3 is 3.04 bits per heavy atom. The fourth-order valence-electron chi connectivity index (χ4n) is 3.05. The molecule has 3 rings (SSSR count). The molecule has 2 N–H and O–H groups in total. The van der Waals surface area contributed by atoms with Crippen LogP contribution in [0.15, 0.2) is 30.6 Å². The van der Waals surface area contributed by atoms with E-state index in [1.165, 1.54) is 0 Å². The van der Waals surface area contributed by atoms with Gasteiger partial charge < -0.3 is 15.0 Å². The third-order valence-corrected chi connectivity index (χ3v) is 4.28. The molecule has 7 heteroatoms. The molecular weight excluding hydrogens is 294 g/mol. The van der Waals surface area contributed by atoms with Crippen LogP contribution in [0.25, 0.3) is 0 Å². The minimum Gasteiger partial charge on any atom is -0.373 e. The molecule has 0 bridgehead atoms. The predicted octanol–water partition coefficient (Wildman–Crippen LogP) is 0.479. The second-order valence-corrected chi connectivity index (χ2v) is 5.89. The zero-order valence-electron chi connectivity index (χ0n) is 13.5. The Kier molecular flexibility index (Phi) is 4.78. The lowest BCUT2D eigenvalue weighted by Gasteiger charge is -2.39. The molecule has 0 unspecified atom stereocenters. The number of nitrogens with one attached hydrogen (secondary N) is 2. The van der Waals surface area contributed by atoms with Crippen molar-refractivity contribution in [1.82, 2.24) is 25.0 Å². The summed E-state index contributed by atoms with van der Waals surface area (Å²) in [5.74, 6) is -0.00645. The molecule has 2 atom stereocenters. The van der Waals surface area contributed by atoms with Crippen molar-refractivity contribution in [3.63, 3.8) is 0 Å². The van der Waals surface area contributed by atoms with Crippen LogP contribution in [0, 0.1) is 0 Å². The fourth-order valence-corrected chi connectivity index (χ4v) is 3.05. The highest BCUT2D eigenvalue weighted by atomic mass is 16.5. The second kappa shape index (κ2) is 6.97. The van der Waals surface area contributed by atoms with E-state index in [2.05, 4.69) is 27.3 Å². The number of morpholine rings is 1. The van der Waals surface area contributed by atoms with Gasteiger partial charge in [-0.1, -0.05) is 0 Å². The molecule has 1 fully saturated rings. The summed E-state index contributed by atoms with van der Waals surface area (Å²) in [6, 6.07) is 5.88. The van der Waals surface area contributed by atoms with Gasteiger partial charge in [0.1, 0.15) is 0 Å². The summed E-state index contributed by atoms with van der Waals surface area (Å²) in [7, 11) is 4.01. The lowest BCUT2D eigenvalue weighted by molar-refractivity contribution is -0.122. The van der Waals surface area contributed by atoms with E-state index >= 15 is 0 Å². The van der Waals surface area contributed by atoms with Crippen LogP contribution in [0.1, 0.15) is 17.4 Å². The van der Waals surface area contributed by atoms with E-state index < -0.39 is 0 Å². The van der Waals surface area contributed by atoms with E-state index in [-0.39, 0.29) is 18.1 Å². The molecule has 23 heavy (non-hydrogen) atoms. The van der Waals surface area contributed by atoms with Gasteiger partial charge in [-0.05, 0) is 25.2 Å². The van der Waals surface area contributed by atoms with E-state index in [0.717, 1.165) is 17.9 Å². The molecule has 1 aliphatic rings. The van der Waals surface area contributed by atoms with Crippen LogP contribution in [0.4, 0.5) is 0 Å². The molecule has 0 saturated carbocycles. The molecule has 0 radical (unpaired) electrons. The van der Waals surface area contributed by atoms with Crippen molar-refractivity contribution in [3.8, 4) is 0 Å². The van der Waals surface area contributed by atoms with Gasteiger partial charge in [0.15, 0.2) is 0 Å². The highest BCUT2D eigenvalue weighted by Gasteiger charge is 2.33. The van der Waals surface area contributed by atoms with Crippen molar-refractivity contribution < 1.29 is 9.53 Å². The number of H-pyrrole nitrogens is 1. The molecular formula is C16H23N5O2. The number of hydrogen-bond acceptors (Lipinski definition) is 4. The predicted molar refractivity (Wildman–Crippen MR) is 85.8 cm³/mol. The highest BCUT2D eigenvalue weighted by molar-refractivity contribution is 5.78. The van der Waals surface area contributed by atoms with Crippen molar-refractivity contribution in [2.45, 2.75) is 18.6 Å². The summed E-state index contributed by atoms with van der Waals surface area (Å²) in [6.07, 6.45) is 3.88. The zero-order chi connectivity index (χ0) is 16.2. The molecule has 1 amide bonds. The summed E-state index contributed by atoms with van der Waals surface area (Å²) < 4.78 is 7.78. The van der Waals surface area contributed by atoms with Gasteiger partial charge in [-0.3, -0.25) is 14.4 Å². The third kappa shape index (κ3) is 3.62. The van der Waals surface area contributed by atoms with Crippen molar-refractivity contribution in [2.75, 3.05) is 26.7 Å². The Morgan fingerprint density at radius 1 is 1.48 bits per heavy atom. The monoisotopic (exact) mass is 317 g/mol. The number of ether oxygens (including phenoxy) is 1. The van der Waals surface area contributed by atoms with Crippen LogP contribution in [-0.4, -0.2) is 58.4 Å². The molecule has 2 aromatic heterocycles. The van der Waals surface area contributed by atoms with Gasteiger partial charge in [0.25, 0.3) is 0 Å². The van der Waals surface area contributed by atoms with Crippen molar-refractivity contribution >= 4 is 5.91 Å². The molecule has 0 spiro atoms. The fraction of sp³-hybridized carbons (Fsp3) is 0.500. The van der Waals surface area contributed by atoms with E-state index in [1.807, 2.05) is 36.1 Å². The second-order valence-electron chi connectivity index (χ2n) is 5.89. The quantitative estimate of drug-likeness (QED) is 0.841. The van der Waals surface area contributed by atoms with Crippen molar-refractivity contribution in [3.05, 3.63) is 42.0 Å². The summed E-state index contributed by atoms with van der Waals surface area (Å²) in [6.45, 7) is 2.02. The van der Waals surface area contributed by atoms with Gasteiger partial charge in [-0.2, -0.15) is 5.10 Å². The number of aryl methyl sites for hydroxylation is 1. The molecule has 1 saturated heterocycles. The maximum absolute atomic E-state index is 12.1.